The third-order valence-corrected chi connectivity index (χ3v) is 10.2. The fraction of sp³-hybridized carbons (Fsp3) is 0.404. The smallest absolute Gasteiger partial charge is 0.416 e. The van der Waals surface area contributed by atoms with Gasteiger partial charge in [-0.1, -0.05) is 60.7 Å². The van der Waals surface area contributed by atoms with Gasteiger partial charge in [0, 0.05) is 48.8 Å². The van der Waals surface area contributed by atoms with Crippen LogP contribution < -0.4 is 15.4 Å². The van der Waals surface area contributed by atoms with Crippen LogP contribution in [0.1, 0.15) is 75.5 Å². The number of esters is 1. The average molecular weight is 862 g/mol. The first kappa shape index (κ1) is 47.3. The van der Waals surface area contributed by atoms with Gasteiger partial charge in [-0.3, -0.25) is 14.6 Å². The van der Waals surface area contributed by atoms with Gasteiger partial charge >= 0.3 is 18.2 Å². The van der Waals surface area contributed by atoms with E-state index in [0.717, 1.165) is 22.9 Å². The lowest BCUT2D eigenvalue weighted by molar-refractivity contribution is -0.145. The fourth-order valence-corrected chi connectivity index (χ4v) is 7.03. The Kier molecular flexibility index (Phi) is 16.7. The predicted octanol–water partition coefficient (Wildman–Crippen LogP) is 8.01. The highest BCUT2D eigenvalue weighted by atomic mass is 19.4. The highest BCUT2D eigenvalue weighted by Gasteiger charge is 2.39. The summed E-state index contributed by atoms with van der Waals surface area (Å²) in [6.07, 6.45) is 4.08. The van der Waals surface area contributed by atoms with Gasteiger partial charge in [-0.2, -0.15) is 13.2 Å². The Balaban J connectivity index is 1.06. The third-order valence-electron chi connectivity index (χ3n) is 10.2. The maximum atomic E-state index is 13.6. The molecule has 0 radical (unpaired) electrons. The Labute approximate surface area is 358 Å². The summed E-state index contributed by atoms with van der Waals surface area (Å²) in [6.45, 7) is 4.94. The molecule has 332 valence electrons. The number of rotatable bonds is 18. The molecule has 6 atom stereocenters. The van der Waals surface area contributed by atoms with Crippen LogP contribution in [0.4, 0.5) is 23.7 Å². The number of ether oxygens (including phenoxy) is 3. The summed E-state index contributed by atoms with van der Waals surface area (Å²) >= 11 is 0. The minimum absolute atomic E-state index is 0.0246. The van der Waals surface area contributed by atoms with Crippen molar-refractivity contribution in [2.24, 2.45) is 11.8 Å². The minimum Gasteiger partial charge on any atom is -0.491 e. The first-order valence-electron chi connectivity index (χ1n) is 20.5. The molecule has 12 nitrogen and oxygen atoms in total. The number of nitrogens with one attached hydrogen (secondary N) is 2. The molecule has 5 rings (SSSR count). The van der Waals surface area contributed by atoms with Gasteiger partial charge in [0.2, 0.25) is 5.91 Å². The Morgan fingerprint density at radius 2 is 1.73 bits per heavy atom. The van der Waals surface area contributed by atoms with Crippen LogP contribution >= 0.6 is 0 Å². The second-order valence-electron chi connectivity index (χ2n) is 16.3. The van der Waals surface area contributed by atoms with Crippen molar-refractivity contribution in [3.8, 4) is 5.75 Å². The number of aromatic nitrogens is 1. The van der Waals surface area contributed by atoms with Crippen LogP contribution in [0.2, 0.25) is 0 Å². The number of allylic oxidation sites excluding steroid dienone is 2. The van der Waals surface area contributed by atoms with Gasteiger partial charge in [0.15, 0.2) is 0 Å². The molecule has 0 bridgehead atoms. The Bertz CT molecular complexity index is 2170. The molecule has 1 saturated carbocycles. The van der Waals surface area contributed by atoms with Gasteiger partial charge in [0.1, 0.15) is 30.7 Å². The number of hydrogen-bond donors (Lipinski definition) is 5. The molecule has 2 amide bonds. The highest BCUT2D eigenvalue weighted by Crippen LogP contribution is 2.37. The zero-order valence-electron chi connectivity index (χ0n) is 34.9. The zero-order valence-corrected chi connectivity index (χ0v) is 34.9. The lowest BCUT2D eigenvalue weighted by Crippen LogP contribution is -2.37. The topological polar surface area (TPSA) is 177 Å². The first-order valence-corrected chi connectivity index (χ1v) is 20.5. The van der Waals surface area contributed by atoms with Crippen molar-refractivity contribution >= 4 is 34.4 Å². The van der Waals surface area contributed by atoms with Gasteiger partial charge in [-0.15, -0.1) is 0 Å². The van der Waals surface area contributed by atoms with Crippen molar-refractivity contribution < 1.29 is 57.1 Å². The van der Waals surface area contributed by atoms with Crippen LogP contribution in [0.5, 0.6) is 5.75 Å². The first-order chi connectivity index (χ1) is 29.4. The Hall–Kier alpha value is -5.77. The molecular weight excluding hydrogens is 808 g/mol. The second kappa shape index (κ2) is 21.8. The molecule has 4 aromatic rings. The average Bonchev–Trinajstić information content (AvgIpc) is 3.49. The summed E-state index contributed by atoms with van der Waals surface area (Å²) in [6, 6.07) is 18.7. The summed E-state index contributed by atoms with van der Waals surface area (Å²) in [5, 5.41) is 39.0. The molecule has 6 unspecified atom stereocenters. The molecule has 1 aliphatic rings. The Morgan fingerprint density at radius 3 is 2.47 bits per heavy atom. The molecule has 0 aliphatic heterocycles. The largest absolute Gasteiger partial charge is 0.491 e. The summed E-state index contributed by atoms with van der Waals surface area (Å²) in [4.78, 5) is 42.8. The van der Waals surface area contributed by atoms with Crippen molar-refractivity contribution in [2.45, 2.75) is 95.5 Å². The number of benzene rings is 3. The fourth-order valence-electron chi connectivity index (χ4n) is 7.03. The van der Waals surface area contributed by atoms with Gasteiger partial charge in [0.25, 0.3) is 0 Å². The number of carbonyl (C=O) groups excluding carboxylic acids is 3. The van der Waals surface area contributed by atoms with E-state index >= 15 is 0 Å². The van der Waals surface area contributed by atoms with Crippen molar-refractivity contribution in [2.75, 3.05) is 18.5 Å². The van der Waals surface area contributed by atoms with Crippen molar-refractivity contribution in [3.63, 3.8) is 0 Å². The normalized spacial score (nSPS) is 19.0. The summed E-state index contributed by atoms with van der Waals surface area (Å²) in [5.41, 5.74) is 0.347. The van der Waals surface area contributed by atoms with Crippen molar-refractivity contribution in [1.29, 1.82) is 0 Å². The number of unbranched alkanes of at least 4 members (excludes halogenated alkanes) is 1. The maximum absolute atomic E-state index is 13.6. The number of anilines is 1. The van der Waals surface area contributed by atoms with Crippen LogP contribution in [-0.2, 0) is 31.8 Å². The lowest BCUT2D eigenvalue weighted by Gasteiger charge is -2.22. The van der Waals surface area contributed by atoms with E-state index < -0.39 is 53.6 Å². The predicted molar refractivity (Wildman–Crippen MR) is 227 cm³/mol. The summed E-state index contributed by atoms with van der Waals surface area (Å²) in [5.74, 6) is -2.33. The SMILES string of the molecule is CC(C)(C)OC(=O)NCC(C(=O)Nc1ccc2cnccc2c1)c1ccc(COC(=O)CCCC=CCC2C(O)CC(O)C2C=CC(O)COc2cccc(C(F)(F)F)c2)cc1. The number of aliphatic hydroxyl groups is 3. The molecule has 1 fully saturated rings. The maximum Gasteiger partial charge on any atom is 0.416 e. The van der Waals surface area contributed by atoms with E-state index in [2.05, 4.69) is 15.6 Å². The van der Waals surface area contributed by atoms with E-state index in [-0.39, 0.29) is 56.1 Å². The summed E-state index contributed by atoms with van der Waals surface area (Å²) < 4.78 is 55.2. The van der Waals surface area contributed by atoms with E-state index in [9.17, 15) is 42.9 Å². The van der Waals surface area contributed by atoms with Crippen LogP contribution in [0, 0.1) is 11.8 Å². The number of alkyl halides is 3. The standard InChI is InChI=1S/C47H54F3N3O9/c1-46(2,3)62-45(59)52-27-40(44(58)53-35-18-17-33-26-51-22-21-32(33)23-35)31-15-13-30(14-16-31)28-61-43(57)12-7-5-4-6-11-38-39(42(56)25-41(38)55)20-19-36(54)29-60-37-10-8-9-34(24-37)47(48,49)50/h4,6,8-10,13-24,26,36,38-42,54-56H,5,7,11-12,25,27-29H2,1-3H3,(H,52,59)(H,53,58). The van der Waals surface area contributed by atoms with E-state index in [1.54, 1.807) is 69.6 Å². The zero-order chi connectivity index (χ0) is 44.9. The van der Waals surface area contributed by atoms with E-state index in [4.69, 9.17) is 14.2 Å². The van der Waals surface area contributed by atoms with E-state index in [1.165, 1.54) is 18.2 Å². The monoisotopic (exact) mass is 861 g/mol. The van der Waals surface area contributed by atoms with Crippen LogP contribution in [0.15, 0.2) is 109 Å². The molecule has 0 saturated heterocycles. The van der Waals surface area contributed by atoms with E-state index in [0.29, 0.717) is 36.1 Å². The number of alkyl carbamates (subject to hydrolysis) is 1. The molecular formula is C47H54F3N3O9. The quantitative estimate of drug-likeness (QED) is 0.0374. The number of aliphatic hydroxyl groups excluding tert-OH is 3. The molecule has 5 N–H and O–H groups in total. The number of hydrogen-bond acceptors (Lipinski definition) is 10. The minimum atomic E-state index is -4.52. The van der Waals surface area contributed by atoms with Gasteiger partial charge in [-0.05, 0) is 98.9 Å². The number of carbonyl (C=O) groups is 3. The summed E-state index contributed by atoms with van der Waals surface area (Å²) in [7, 11) is 0. The number of halogens is 3. The number of amides is 2. The molecule has 3 aromatic carbocycles. The number of pyridine rings is 1. The van der Waals surface area contributed by atoms with Crippen LogP contribution in [-0.4, -0.2) is 75.3 Å². The van der Waals surface area contributed by atoms with Gasteiger partial charge < -0.3 is 40.2 Å². The van der Waals surface area contributed by atoms with E-state index in [1.807, 2.05) is 30.4 Å². The molecule has 62 heavy (non-hydrogen) atoms. The van der Waals surface area contributed by atoms with Crippen LogP contribution in [0.25, 0.3) is 10.8 Å². The number of nitrogens with zero attached hydrogens (tertiary/aromatic N) is 1. The van der Waals surface area contributed by atoms with Gasteiger partial charge in [0.05, 0.1) is 23.7 Å². The molecule has 15 heteroatoms. The molecule has 1 aromatic heterocycles. The Morgan fingerprint density at radius 1 is 0.952 bits per heavy atom. The number of fused-ring (bicyclic) bond motifs is 1. The van der Waals surface area contributed by atoms with Crippen molar-refractivity contribution in [1.82, 2.24) is 10.3 Å². The molecule has 0 spiro atoms. The van der Waals surface area contributed by atoms with Crippen LogP contribution in [0.3, 0.4) is 0 Å². The highest BCUT2D eigenvalue weighted by molar-refractivity contribution is 5.98. The van der Waals surface area contributed by atoms with Gasteiger partial charge in [-0.25, -0.2) is 4.79 Å². The third kappa shape index (κ3) is 14.7. The lowest BCUT2D eigenvalue weighted by atomic mass is 9.89. The second-order valence-corrected chi connectivity index (χ2v) is 16.3. The molecule has 1 heterocycles. The molecule has 1 aliphatic carbocycles. The van der Waals surface area contributed by atoms with Crippen molar-refractivity contribution in [3.05, 3.63) is 126 Å².